The Labute approximate surface area is 94.6 Å². The molecule has 0 bridgehead atoms. The molecule has 1 aromatic heterocycles. The lowest BCUT2D eigenvalue weighted by Gasteiger charge is -2.30. The smallest absolute Gasteiger partial charge is 0.222 e. The Balaban J connectivity index is 1.98. The van der Waals surface area contributed by atoms with Crippen LogP contribution in [0.3, 0.4) is 0 Å². The van der Waals surface area contributed by atoms with Crippen LogP contribution in [0.1, 0.15) is 12.8 Å². The molecule has 1 fully saturated rings. The number of likely N-dealkylation sites (N-methyl/N-ethyl adjacent to an activating group) is 1. The summed E-state index contributed by atoms with van der Waals surface area (Å²) in [5, 5.41) is 3.34. The van der Waals surface area contributed by atoms with Gasteiger partial charge in [-0.05, 0) is 12.5 Å². The Bertz CT molecular complexity index is 393. The van der Waals surface area contributed by atoms with Gasteiger partial charge in [0.2, 0.25) is 5.91 Å². The number of anilines is 2. The number of likely N-dealkylation sites (tertiary alicyclic amines) is 1. The quantitative estimate of drug-likeness (QED) is 0.769. The molecular formula is C11H16N4O. The highest BCUT2D eigenvalue weighted by Gasteiger charge is 2.22. The third kappa shape index (κ3) is 2.42. The summed E-state index contributed by atoms with van der Waals surface area (Å²) in [7, 11) is 1.83. The summed E-state index contributed by atoms with van der Waals surface area (Å²) in [6.07, 6.45) is 4.82. The fourth-order valence-electron chi connectivity index (χ4n) is 1.90. The van der Waals surface area contributed by atoms with Crippen LogP contribution in [0.15, 0.2) is 18.5 Å². The molecule has 1 amide bonds. The Morgan fingerprint density at radius 2 is 2.38 bits per heavy atom. The number of nitrogens with one attached hydrogen (secondary N) is 1. The van der Waals surface area contributed by atoms with E-state index in [0.29, 0.717) is 12.1 Å². The van der Waals surface area contributed by atoms with Crippen LogP contribution in [0.25, 0.3) is 0 Å². The number of nitrogen functional groups attached to an aromatic ring is 1. The number of carbonyl (C=O) groups excluding carboxylic acids is 1. The van der Waals surface area contributed by atoms with Gasteiger partial charge in [0.1, 0.15) is 0 Å². The molecule has 1 atom stereocenters. The molecule has 16 heavy (non-hydrogen) atoms. The SMILES string of the molecule is CN1CC(Nc2cncc(N)c2)CCC1=O. The van der Waals surface area contributed by atoms with Crippen LogP contribution in [0.4, 0.5) is 11.4 Å². The predicted molar refractivity (Wildman–Crippen MR) is 62.9 cm³/mol. The number of piperidine rings is 1. The van der Waals surface area contributed by atoms with E-state index >= 15 is 0 Å². The highest BCUT2D eigenvalue weighted by atomic mass is 16.2. The van der Waals surface area contributed by atoms with E-state index in [0.717, 1.165) is 18.7 Å². The van der Waals surface area contributed by atoms with Gasteiger partial charge < -0.3 is 16.0 Å². The minimum Gasteiger partial charge on any atom is -0.397 e. The Morgan fingerprint density at radius 3 is 3.06 bits per heavy atom. The normalized spacial score (nSPS) is 20.9. The van der Waals surface area contributed by atoms with Crippen LogP contribution in [0.2, 0.25) is 0 Å². The third-order valence-electron chi connectivity index (χ3n) is 2.76. The number of amides is 1. The summed E-state index contributed by atoms with van der Waals surface area (Å²) >= 11 is 0. The number of nitrogens with two attached hydrogens (primary N) is 1. The number of hydrogen-bond donors (Lipinski definition) is 2. The van der Waals surface area contributed by atoms with Gasteiger partial charge in [-0.25, -0.2) is 0 Å². The van der Waals surface area contributed by atoms with E-state index in [1.165, 1.54) is 0 Å². The molecule has 1 aliphatic heterocycles. The van der Waals surface area contributed by atoms with Gasteiger partial charge in [0.15, 0.2) is 0 Å². The molecule has 0 radical (unpaired) electrons. The van der Waals surface area contributed by atoms with Crippen molar-refractivity contribution in [3.8, 4) is 0 Å². The van der Waals surface area contributed by atoms with Crippen molar-refractivity contribution >= 4 is 17.3 Å². The number of nitrogens with zero attached hydrogens (tertiary/aromatic N) is 2. The maximum Gasteiger partial charge on any atom is 0.222 e. The number of aromatic nitrogens is 1. The zero-order chi connectivity index (χ0) is 11.5. The number of pyridine rings is 1. The topological polar surface area (TPSA) is 71.2 Å². The summed E-state index contributed by atoms with van der Waals surface area (Å²) in [6.45, 7) is 0.730. The molecule has 3 N–H and O–H groups in total. The van der Waals surface area contributed by atoms with Crippen LogP contribution >= 0.6 is 0 Å². The predicted octanol–water partition coefficient (Wildman–Crippen LogP) is 0.696. The summed E-state index contributed by atoms with van der Waals surface area (Å²) in [6, 6.07) is 2.13. The Kier molecular flexibility index (Phi) is 2.94. The first-order chi connectivity index (χ1) is 7.65. The zero-order valence-corrected chi connectivity index (χ0v) is 9.31. The number of hydrogen-bond acceptors (Lipinski definition) is 4. The van der Waals surface area contributed by atoms with Gasteiger partial charge in [-0.3, -0.25) is 9.78 Å². The standard InChI is InChI=1S/C11H16N4O/c1-15-7-9(2-3-11(15)16)14-10-4-8(12)5-13-6-10/h4-6,9,14H,2-3,7,12H2,1H3. The van der Waals surface area contributed by atoms with Crippen molar-refractivity contribution in [2.24, 2.45) is 0 Å². The molecule has 1 unspecified atom stereocenters. The minimum absolute atomic E-state index is 0.212. The van der Waals surface area contributed by atoms with Crippen molar-refractivity contribution in [3.05, 3.63) is 18.5 Å². The lowest BCUT2D eigenvalue weighted by Crippen LogP contribution is -2.43. The molecule has 5 nitrogen and oxygen atoms in total. The molecule has 2 heterocycles. The van der Waals surface area contributed by atoms with Crippen LogP contribution < -0.4 is 11.1 Å². The van der Waals surface area contributed by atoms with Crippen molar-refractivity contribution in [3.63, 3.8) is 0 Å². The lowest BCUT2D eigenvalue weighted by molar-refractivity contribution is -0.132. The monoisotopic (exact) mass is 220 g/mol. The summed E-state index contributed by atoms with van der Waals surface area (Å²) in [5.41, 5.74) is 7.20. The van der Waals surface area contributed by atoms with Gasteiger partial charge in [0.25, 0.3) is 0 Å². The van der Waals surface area contributed by atoms with Gasteiger partial charge in [-0.1, -0.05) is 0 Å². The molecular weight excluding hydrogens is 204 g/mol. The van der Waals surface area contributed by atoms with E-state index < -0.39 is 0 Å². The maximum absolute atomic E-state index is 11.3. The molecule has 1 saturated heterocycles. The Hall–Kier alpha value is -1.78. The van der Waals surface area contributed by atoms with Crippen LogP contribution in [-0.2, 0) is 4.79 Å². The number of carbonyl (C=O) groups is 1. The fraction of sp³-hybridized carbons (Fsp3) is 0.455. The average Bonchev–Trinajstić information content (AvgIpc) is 2.24. The molecule has 1 aliphatic rings. The van der Waals surface area contributed by atoms with Gasteiger partial charge in [-0.15, -0.1) is 0 Å². The average molecular weight is 220 g/mol. The minimum atomic E-state index is 0.212. The van der Waals surface area contributed by atoms with Crippen LogP contribution in [-0.4, -0.2) is 35.4 Å². The lowest BCUT2D eigenvalue weighted by atomic mass is 10.1. The summed E-state index contributed by atoms with van der Waals surface area (Å²) in [5.74, 6) is 0.212. The first-order valence-corrected chi connectivity index (χ1v) is 5.36. The first-order valence-electron chi connectivity index (χ1n) is 5.36. The van der Waals surface area contributed by atoms with Crippen LogP contribution in [0, 0.1) is 0 Å². The van der Waals surface area contributed by atoms with Crippen molar-refractivity contribution in [1.29, 1.82) is 0 Å². The molecule has 0 saturated carbocycles. The second-order valence-electron chi connectivity index (χ2n) is 4.16. The highest BCUT2D eigenvalue weighted by molar-refractivity contribution is 5.77. The molecule has 5 heteroatoms. The van der Waals surface area contributed by atoms with Crippen molar-refractivity contribution < 1.29 is 4.79 Å². The third-order valence-corrected chi connectivity index (χ3v) is 2.76. The molecule has 0 aliphatic carbocycles. The van der Waals surface area contributed by atoms with Gasteiger partial charge in [0.05, 0.1) is 17.6 Å². The van der Waals surface area contributed by atoms with Gasteiger partial charge in [0, 0.05) is 32.3 Å². The fourth-order valence-corrected chi connectivity index (χ4v) is 1.90. The number of rotatable bonds is 2. The van der Waals surface area contributed by atoms with Gasteiger partial charge >= 0.3 is 0 Å². The van der Waals surface area contributed by atoms with Crippen molar-refractivity contribution in [2.75, 3.05) is 24.6 Å². The van der Waals surface area contributed by atoms with E-state index in [4.69, 9.17) is 5.73 Å². The van der Waals surface area contributed by atoms with E-state index in [1.54, 1.807) is 17.3 Å². The Morgan fingerprint density at radius 1 is 1.56 bits per heavy atom. The van der Waals surface area contributed by atoms with Crippen molar-refractivity contribution in [1.82, 2.24) is 9.88 Å². The van der Waals surface area contributed by atoms with Crippen LogP contribution in [0.5, 0.6) is 0 Å². The maximum atomic E-state index is 11.3. The second kappa shape index (κ2) is 4.38. The molecule has 86 valence electrons. The van der Waals surface area contributed by atoms with Crippen molar-refractivity contribution in [2.45, 2.75) is 18.9 Å². The molecule has 0 aromatic carbocycles. The highest BCUT2D eigenvalue weighted by Crippen LogP contribution is 2.16. The molecule has 1 aromatic rings. The summed E-state index contributed by atoms with van der Waals surface area (Å²) < 4.78 is 0. The van der Waals surface area contributed by atoms with E-state index in [1.807, 2.05) is 13.1 Å². The van der Waals surface area contributed by atoms with E-state index in [-0.39, 0.29) is 11.9 Å². The van der Waals surface area contributed by atoms with E-state index in [2.05, 4.69) is 10.3 Å². The molecule has 2 rings (SSSR count). The van der Waals surface area contributed by atoms with Gasteiger partial charge in [-0.2, -0.15) is 0 Å². The first kappa shape index (κ1) is 10.7. The van der Waals surface area contributed by atoms with E-state index in [9.17, 15) is 4.79 Å². The molecule has 0 spiro atoms. The summed E-state index contributed by atoms with van der Waals surface area (Å²) in [4.78, 5) is 17.1. The zero-order valence-electron chi connectivity index (χ0n) is 9.31. The second-order valence-corrected chi connectivity index (χ2v) is 4.16. The largest absolute Gasteiger partial charge is 0.397 e.